The highest BCUT2D eigenvalue weighted by molar-refractivity contribution is 6.74. The van der Waals surface area contributed by atoms with E-state index in [2.05, 4.69) is 33.9 Å². The Bertz CT molecular complexity index is 429. The molecule has 1 fully saturated rings. The molecule has 0 radical (unpaired) electrons. The first-order valence-electron chi connectivity index (χ1n) is 8.04. The summed E-state index contributed by atoms with van der Waals surface area (Å²) in [7, 11) is -1.94. The van der Waals surface area contributed by atoms with E-state index in [4.69, 9.17) is 18.6 Å². The van der Waals surface area contributed by atoms with Gasteiger partial charge in [0, 0.05) is 20.3 Å². The molecule has 1 aliphatic rings. The van der Waals surface area contributed by atoms with Crippen LogP contribution in [0.5, 0.6) is 0 Å². The van der Waals surface area contributed by atoms with Crippen molar-refractivity contribution in [3.8, 4) is 0 Å². The Balaban J connectivity index is 2.80. The fourth-order valence-corrected chi connectivity index (χ4v) is 3.18. The highest BCUT2D eigenvalue weighted by atomic mass is 28.4. The molecule has 134 valence electrons. The number of esters is 2. The summed E-state index contributed by atoms with van der Waals surface area (Å²) in [6.07, 6.45) is -1.03. The molecular formula is C16H30O6Si. The molecule has 7 heteroatoms. The van der Waals surface area contributed by atoms with Gasteiger partial charge in [-0.25, -0.2) is 0 Å². The first-order valence-corrected chi connectivity index (χ1v) is 10.9. The zero-order chi connectivity index (χ0) is 17.8. The van der Waals surface area contributed by atoms with E-state index >= 15 is 0 Å². The summed E-state index contributed by atoms with van der Waals surface area (Å²) in [5.41, 5.74) is 0. The van der Waals surface area contributed by atoms with Gasteiger partial charge >= 0.3 is 11.9 Å². The minimum Gasteiger partial charge on any atom is -0.458 e. The zero-order valence-corrected chi connectivity index (χ0v) is 16.3. The van der Waals surface area contributed by atoms with Crippen LogP contribution in [0, 0.1) is 0 Å². The number of ether oxygens (including phenoxy) is 3. The highest BCUT2D eigenvalue weighted by Gasteiger charge is 2.42. The number of hydrogen-bond donors (Lipinski definition) is 0. The van der Waals surface area contributed by atoms with E-state index in [0.717, 1.165) is 0 Å². The minimum atomic E-state index is -1.94. The third kappa shape index (κ3) is 5.89. The predicted octanol–water partition coefficient (Wildman–Crippen LogP) is 2.66. The number of carbonyl (C=O) groups excluding carboxylic acids is 2. The van der Waals surface area contributed by atoms with Crippen LogP contribution in [0.25, 0.3) is 0 Å². The standard InChI is InChI=1S/C16H30O6Si/c1-11(17)21-13-8-9-19-14(15(13)22-12(2)18)10-20-23(6,7)16(3,4)5/h13-15H,8-10H2,1-7H3/t13-,14-,15+/m1/s1. The first-order chi connectivity index (χ1) is 10.4. The summed E-state index contributed by atoms with van der Waals surface area (Å²) < 4.78 is 22.6. The molecule has 0 spiro atoms. The Hall–Kier alpha value is -0.923. The summed E-state index contributed by atoms with van der Waals surface area (Å²) in [6, 6.07) is 0. The van der Waals surface area contributed by atoms with E-state index in [-0.39, 0.29) is 5.04 Å². The van der Waals surface area contributed by atoms with Crippen molar-refractivity contribution in [2.75, 3.05) is 13.2 Å². The number of carbonyl (C=O) groups is 2. The van der Waals surface area contributed by atoms with Crippen LogP contribution in [0.4, 0.5) is 0 Å². The van der Waals surface area contributed by atoms with Gasteiger partial charge in [0.1, 0.15) is 12.2 Å². The van der Waals surface area contributed by atoms with Crippen LogP contribution >= 0.6 is 0 Å². The van der Waals surface area contributed by atoms with Crippen molar-refractivity contribution < 1.29 is 28.2 Å². The second-order valence-corrected chi connectivity index (χ2v) is 12.3. The predicted molar refractivity (Wildman–Crippen MR) is 88.6 cm³/mol. The van der Waals surface area contributed by atoms with Crippen LogP contribution < -0.4 is 0 Å². The van der Waals surface area contributed by atoms with Crippen molar-refractivity contribution in [3.63, 3.8) is 0 Å². The average molecular weight is 346 g/mol. The maximum atomic E-state index is 11.4. The summed E-state index contributed by atoms with van der Waals surface area (Å²) in [4.78, 5) is 22.7. The van der Waals surface area contributed by atoms with Gasteiger partial charge in [-0.1, -0.05) is 20.8 Å². The fourth-order valence-electron chi connectivity index (χ4n) is 2.17. The molecule has 0 saturated carbocycles. The van der Waals surface area contributed by atoms with Gasteiger partial charge in [-0.3, -0.25) is 9.59 Å². The SMILES string of the molecule is CC(=O)O[C@@H]1[C@@H](CO[Si](C)(C)C(C)(C)C)OCC[C@H]1OC(C)=O. The largest absolute Gasteiger partial charge is 0.458 e. The molecule has 1 rings (SSSR count). The molecule has 0 amide bonds. The molecule has 0 bridgehead atoms. The monoisotopic (exact) mass is 346 g/mol. The first kappa shape index (κ1) is 20.1. The third-order valence-electron chi connectivity index (χ3n) is 4.50. The molecule has 0 aromatic carbocycles. The molecule has 1 aliphatic heterocycles. The molecule has 0 aromatic heterocycles. The zero-order valence-electron chi connectivity index (χ0n) is 15.3. The minimum absolute atomic E-state index is 0.0773. The van der Waals surface area contributed by atoms with Crippen molar-refractivity contribution in [1.82, 2.24) is 0 Å². The van der Waals surface area contributed by atoms with E-state index < -0.39 is 38.6 Å². The van der Waals surface area contributed by atoms with E-state index in [0.29, 0.717) is 19.6 Å². The normalized spacial score (nSPS) is 25.8. The summed E-state index contributed by atoms with van der Waals surface area (Å²) >= 11 is 0. The Labute approximate surface area is 139 Å². The topological polar surface area (TPSA) is 71.1 Å². The Morgan fingerprint density at radius 3 is 2.17 bits per heavy atom. The van der Waals surface area contributed by atoms with Gasteiger partial charge in [-0.2, -0.15) is 0 Å². The highest BCUT2D eigenvalue weighted by Crippen LogP contribution is 2.37. The van der Waals surface area contributed by atoms with E-state index in [1.54, 1.807) is 0 Å². The molecule has 1 saturated heterocycles. The van der Waals surface area contributed by atoms with Gasteiger partial charge in [0.05, 0.1) is 13.2 Å². The van der Waals surface area contributed by atoms with Crippen LogP contribution in [-0.4, -0.2) is 51.8 Å². The number of hydrogen-bond acceptors (Lipinski definition) is 6. The molecule has 0 aliphatic carbocycles. The van der Waals surface area contributed by atoms with Gasteiger partial charge in [-0.05, 0) is 18.1 Å². The summed E-state index contributed by atoms with van der Waals surface area (Å²) in [5, 5.41) is 0.0773. The van der Waals surface area contributed by atoms with Gasteiger partial charge in [0.2, 0.25) is 0 Å². The van der Waals surface area contributed by atoms with Crippen molar-refractivity contribution in [2.24, 2.45) is 0 Å². The van der Waals surface area contributed by atoms with Crippen molar-refractivity contribution in [2.45, 2.75) is 77.5 Å². The van der Waals surface area contributed by atoms with Crippen LogP contribution in [0.15, 0.2) is 0 Å². The average Bonchev–Trinajstić information content (AvgIpc) is 2.36. The molecule has 0 aromatic rings. The summed E-state index contributed by atoms with van der Waals surface area (Å²) in [5.74, 6) is -0.812. The van der Waals surface area contributed by atoms with Gasteiger partial charge in [-0.15, -0.1) is 0 Å². The Kier molecular flexibility index (Phi) is 6.79. The third-order valence-corrected chi connectivity index (χ3v) is 9.00. The smallest absolute Gasteiger partial charge is 0.303 e. The van der Waals surface area contributed by atoms with Crippen LogP contribution in [0.3, 0.4) is 0 Å². The molecule has 1 heterocycles. The van der Waals surface area contributed by atoms with Crippen molar-refractivity contribution in [1.29, 1.82) is 0 Å². The lowest BCUT2D eigenvalue weighted by Gasteiger charge is -2.40. The molecule has 23 heavy (non-hydrogen) atoms. The lowest BCUT2D eigenvalue weighted by Crippen LogP contribution is -2.52. The van der Waals surface area contributed by atoms with Crippen LogP contribution in [0.1, 0.15) is 41.0 Å². The Morgan fingerprint density at radius 1 is 1.13 bits per heavy atom. The van der Waals surface area contributed by atoms with E-state index in [1.165, 1.54) is 13.8 Å². The fraction of sp³-hybridized carbons (Fsp3) is 0.875. The second-order valence-electron chi connectivity index (χ2n) is 7.49. The van der Waals surface area contributed by atoms with Crippen molar-refractivity contribution >= 4 is 20.3 Å². The maximum Gasteiger partial charge on any atom is 0.303 e. The summed E-state index contributed by atoms with van der Waals surface area (Å²) in [6.45, 7) is 14.2. The molecular weight excluding hydrogens is 316 g/mol. The lowest BCUT2D eigenvalue weighted by molar-refractivity contribution is -0.196. The van der Waals surface area contributed by atoms with Gasteiger partial charge < -0.3 is 18.6 Å². The molecule has 6 nitrogen and oxygen atoms in total. The van der Waals surface area contributed by atoms with Gasteiger partial charge in [0.25, 0.3) is 0 Å². The second kappa shape index (κ2) is 7.77. The maximum absolute atomic E-state index is 11.4. The van der Waals surface area contributed by atoms with E-state index in [9.17, 15) is 9.59 Å². The van der Waals surface area contributed by atoms with Crippen LogP contribution in [-0.2, 0) is 28.2 Å². The quantitative estimate of drug-likeness (QED) is 0.563. The number of rotatable bonds is 5. The lowest BCUT2D eigenvalue weighted by atomic mass is 10.0. The Morgan fingerprint density at radius 2 is 1.70 bits per heavy atom. The van der Waals surface area contributed by atoms with Gasteiger partial charge in [0.15, 0.2) is 14.4 Å². The van der Waals surface area contributed by atoms with Crippen molar-refractivity contribution in [3.05, 3.63) is 0 Å². The molecule has 0 N–H and O–H groups in total. The van der Waals surface area contributed by atoms with Crippen LogP contribution in [0.2, 0.25) is 18.1 Å². The molecule has 3 atom stereocenters. The van der Waals surface area contributed by atoms with E-state index in [1.807, 2.05) is 0 Å². The molecule has 0 unspecified atom stereocenters.